The highest BCUT2D eigenvalue weighted by Crippen LogP contribution is 2.32. The second kappa shape index (κ2) is 6.75. The van der Waals surface area contributed by atoms with E-state index in [4.69, 9.17) is 21.1 Å². The average Bonchev–Trinajstić information content (AvgIpc) is 3.37. The highest BCUT2D eigenvalue weighted by molar-refractivity contribution is 6.32. The maximum atomic E-state index is 6.33. The number of fused-ring (bicyclic) bond motifs is 3. The Hall–Kier alpha value is -3.65. The molecule has 3 heterocycles. The number of halogens is 1. The van der Waals surface area contributed by atoms with Crippen LogP contribution in [0.3, 0.4) is 0 Å². The second-order valence-electron chi connectivity index (χ2n) is 6.28. The van der Waals surface area contributed by atoms with Crippen molar-refractivity contribution in [1.82, 2.24) is 29.4 Å². The molecular formula is C20H15ClN6O2. The van der Waals surface area contributed by atoms with E-state index in [0.717, 1.165) is 16.6 Å². The van der Waals surface area contributed by atoms with Gasteiger partial charge in [0.15, 0.2) is 28.6 Å². The van der Waals surface area contributed by atoms with Gasteiger partial charge in [0, 0.05) is 5.56 Å². The molecule has 8 nitrogen and oxygen atoms in total. The Kier molecular flexibility index (Phi) is 4.06. The minimum Gasteiger partial charge on any atom is -0.493 e. The molecule has 0 spiro atoms. The summed E-state index contributed by atoms with van der Waals surface area (Å²) in [6, 6.07) is 13.1. The molecule has 0 aliphatic carbocycles. The second-order valence-corrected chi connectivity index (χ2v) is 6.68. The Morgan fingerprint density at radius 3 is 2.55 bits per heavy atom. The fourth-order valence-electron chi connectivity index (χ4n) is 3.29. The Morgan fingerprint density at radius 1 is 0.931 bits per heavy atom. The molecule has 5 rings (SSSR count). The summed E-state index contributed by atoms with van der Waals surface area (Å²) < 4.78 is 14.2. The molecule has 3 aromatic heterocycles. The third-order valence-corrected chi connectivity index (χ3v) is 5.02. The van der Waals surface area contributed by atoms with Gasteiger partial charge in [0.2, 0.25) is 0 Å². The van der Waals surface area contributed by atoms with Crippen LogP contribution in [0.5, 0.6) is 11.5 Å². The third kappa shape index (κ3) is 2.68. The first-order valence-electron chi connectivity index (χ1n) is 8.76. The van der Waals surface area contributed by atoms with Crippen LogP contribution in [0.4, 0.5) is 0 Å². The van der Waals surface area contributed by atoms with Crippen LogP contribution in [0, 0.1) is 0 Å². The smallest absolute Gasteiger partial charge is 0.175 e. The zero-order valence-electron chi connectivity index (χ0n) is 15.6. The first-order valence-corrected chi connectivity index (χ1v) is 9.14. The summed E-state index contributed by atoms with van der Waals surface area (Å²) in [5.74, 6) is 1.90. The number of methoxy groups -OCH3 is 2. The first kappa shape index (κ1) is 17.4. The van der Waals surface area contributed by atoms with E-state index in [0.29, 0.717) is 33.6 Å². The monoisotopic (exact) mass is 406 g/mol. The van der Waals surface area contributed by atoms with Crippen molar-refractivity contribution in [3.63, 3.8) is 0 Å². The molecule has 0 aliphatic heterocycles. The molecule has 0 radical (unpaired) electrons. The van der Waals surface area contributed by atoms with E-state index in [1.54, 1.807) is 31.4 Å². The van der Waals surface area contributed by atoms with E-state index < -0.39 is 0 Å². The van der Waals surface area contributed by atoms with Gasteiger partial charge in [-0.1, -0.05) is 23.7 Å². The lowest BCUT2D eigenvalue weighted by Gasteiger charge is -2.09. The highest BCUT2D eigenvalue weighted by atomic mass is 35.5. The van der Waals surface area contributed by atoms with Crippen molar-refractivity contribution >= 4 is 28.3 Å². The van der Waals surface area contributed by atoms with Crippen LogP contribution in [0.15, 0.2) is 55.0 Å². The minimum atomic E-state index is 0.589. The van der Waals surface area contributed by atoms with E-state index in [-0.39, 0.29) is 0 Å². The maximum Gasteiger partial charge on any atom is 0.175 e. The molecule has 0 aliphatic rings. The summed E-state index contributed by atoms with van der Waals surface area (Å²) in [4.78, 5) is 4.59. The Morgan fingerprint density at radius 2 is 1.76 bits per heavy atom. The van der Waals surface area contributed by atoms with E-state index in [9.17, 15) is 0 Å². The van der Waals surface area contributed by atoms with Gasteiger partial charge in [-0.25, -0.2) is 9.67 Å². The summed E-state index contributed by atoms with van der Waals surface area (Å²) >= 11 is 6.33. The van der Waals surface area contributed by atoms with Gasteiger partial charge in [0.05, 0.1) is 36.5 Å². The van der Waals surface area contributed by atoms with Crippen molar-refractivity contribution in [2.75, 3.05) is 14.2 Å². The van der Waals surface area contributed by atoms with E-state index in [1.165, 1.54) is 0 Å². The van der Waals surface area contributed by atoms with Crippen LogP contribution in [-0.4, -0.2) is 43.6 Å². The molecule has 9 heteroatoms. The van der Waals surface area contributed by atoms with Crippen molar-refractivity contribution in [1.29, 1.82) is 0 Å². The van der Waals surface area contributed by atoms with Crippen molar-refractivity contribution in [2.45, 2.75) is 0 Å². The quantitative estimate of drug-likeness (QED) is 0.451. The molecule has 29 heavy (non-hydrogen) atoms. The zero-order valence-corrected chi connectivity index (χ0v) is 16.3. The van der Waals surface area contributed by atoms with Crippen molar-refractivity contribution in [3.05, 3.63) is 60.0 Å². The van der Waals surface area contributed by atoms with Crippen LogP contribution in [-0.2, 0) is 0 Å². The number of para-hydroxylation sites is 1. The predicted molar refractivity (Wildman–Crippen MR) is 109 cm³/mol. The highest BCUT2D eigenvalue weighted by Gasteiger charge is 2.17. The first-order chi connectivity index (χ1) is 14.2. The van der Waals surface area contributed by atoms with E-state index >= 15 is 0 Å². The van der Waals surface area contributed by atoms with Crippen molar-refractivity contribution in [2.24, 2.45) is 0 Å². The molecule has 0 unspecified atom stereocenters. The number of rotatable bonds is 4. The van der Waals surface area contributed by atoms with Crippen molar-refractivity contribution in [3.8, 4) is 28.6 Å². The molecule has 0 amide bonds. The molecule has 0 saturated heterocycles. The fraction of sp³-hybridized carbons (Fsp3) is 0.100. The van der Waals surface area contributed by atoms with Gasteiger partial charge in [-0.15, -0.1) is 10.2 Å². The van der Waals surface area contributed by atoms with E-state index in [2.05, 4.69) is 20.3 Å². The molecule has 0 bridgehead atoms. The summed E-state index contributed by atoms with van der Waals surface area (Å²) in [6.07, 6.45) is 3.40. The molecule has 0 fully saturated rings. The summed E-state index contributed by atoms with van der Waals surface area (Å²) in [7, 11) is 3.19. The molecule has 0 saturated carbocycles. The SMILES string of the molecule is COc1ccc(-c2nnc3c4cnn(-c5ccccc5Cl)c4ncn23)cc1OC. The number of hydrogen-bond donors (Lipinski definition) is 0. The van der Waals surface area contributed by atoms with E-state index in [1.807, 2.05) is 46.9 Å². The average molecular weight is 407 g/mol. The zero-order chi connectivity index (χ0) is 20.0. The van der Waals surface area contributed by atoms with Gasteiger partial charge in [-0.3, -0.25) is 4.40 Å². The Labute approximate surface area is 170 Å². The summed E-state index contributed by atoms with van der Waals surface area (Å²) in [6.45, 7) is 0. The van der Waals surface area contributed by atoms with Gasteiger partial charge < -0.3 is 9.47 Å². The van der Waals surface area contributed by atoms with Crippen LogP contribution >= 0.6 is 11.6 Å². The van der Waals surface area contributed by atoms with Crippen LogP contribution < -0.4 is 9.47 Å². The van der Waals surface area contributed by atoms with Crippen LogP contribution in [0.1, 0.15) is 0 Å². The lowest BCUT2D eigenvalue weighted by atomic mass is 10.2. The topological polar surface area (TPSA) is 79.4 Å². The van der Waals surface area contributed by atoms with Gasteiger partial charge in [0.25, 0.3) is 0 Å². The Balaban J connectivity index is 1.68. The largest absolute Gasteiger partial charge is 0.493 e. The number of nitrogens with zero attached hydrogens (tertiary/aromatic N) is 6. The van der Waals surface area contributed by atoms with Gasteiger partial charge in [0.1, 0.15) is 6.33 Å². The summed E-state index contributed by atoms with van der Waals surface area (Å²) in [5.41, 5.74) is 2.88. The molecule has 0 atom stereocenters. The third-order valence-electron chi connectivity index (χ3n) is 4.70. The molecule has 0 N–H and O–H groups in total. The van der Waals surface area contributed by atoms with Gasteiger partial charge in [-0.2, -0.15) is 5.10 Å². The lowest BCUT2D eigenvalue weighted by molar-refractivity contribution is 0.355. The Bertz CT molecular complexity index is 1360. The standard InChI is InChI=1S/C20H15ClN6O2/c1-28-16-8-7-12(9-17(16)29-2)18-24-25-20-13-10-23-27(19(13)22-11-26(18)20)15-6-4-3-5-14(15)21/h3-11H,1-2H3. The van der Waals surface area contributed by atoms with Crippen molar-refractivity contribution < 1.29 is 9.47 Å². The van der Waals surface area contributed by atoms with Gasteiger partial charge in [-0.05, 0) is 30.3 Å². The minimum absolute atomic E-state index is 0.589. The summed E-state index contributed by atoms with van der Waals surface area (Å²) in [5, 5.41) is 14.5. The predicted octanol–water partition coefficient (Wildman–Crippen LogP) is 3.80. The van der Waals surface area contributed by atoms with Crippen LogP contribution in [0.2, 0.25) is 5.02 Å². The molecule has 5 aromatic rings. The maximum absolute atomic E-state index is 6.33. The lowest BCUT2D eigenvalue weighted by Crippen LogP contribution is -1.99. The van der Waals surface area contributed by atoms with Gasteiger partial charge >= 0.3 is 0 Å². The number of benzene rings is 2. The number of hydrogen-bond acceptors (Lipinski definition) is 6. The van der Waals surface area contributed by atoms with Crippen LogP contribution in [0.25, 0.3) is 33.8 Å². The molecular weight excluding hydrogens is 392 g/mol. The molecule has 144 valence electrons. The molecule has 2 aromatic carbocycles. The number of aromatic nitrogens is 6. The number of ether oxygens (including phenoxy) is 2. The fourth-order valence-corrected chi connectivity index (χ4v) is 3.51. The normalized spacial score (nSPS) is 11.3.